The smallest absolute Gasteiger partial charge is 0.0457 e. The lowest BCUT2D eigenvalue weighted by atomic mass is 9.91. The first-order chi connectivity index (χ1) is 8.83. The van der Waals surface area contributed by atoms with Crippen LogP contribution in [0.4, 0.5) is 0 Å². The van der Waals surface area contributed by atoms with Crippen LogP contribution >= 0.6 is 0 Å². The van der Waals surface area contributed by atoms with Crippen molar-refractivity contribution >= 4 is 0 Å². The molecule has 1 saturated heterocycles. The topological polar surface area (TPSA) is 31.9 Å². The third-order valence-corrected chi connectivity index (χ3v) is 3.89. The summed E-state index contributed by atoms with van der Waals surface area (Å²) in [5.74, 6) is 0.716. The first kappa shape index (κ1) is 11.5. The average molecular weight is 241 g/mol. The normalized spacial score (nSPS) is 18.1. The van der Waals surface area contributed by atoms with E-state index in [1.807, 2.05) is 24.5 Å². The van der Waals surface area contributed by atoms with Crippen molar-refractivity contribution in [2.75, 3.05) is 20.1 Å². The van der Waals surface area contributed by atoms with E-state index in [0.717, 1.165) is 0 Å². The summed E-state index contributed by atoms with van der Waals surface area (Å²) in [6.07, 6.45) is 8.39. The highest BCUT2D eigenvalue weighted by Crippen LogP contribution is 2.30. The number of aromatic nitrogens is 2. The van der Waals surface area contributed by atoms with Crippen LogP contribution in [-0.2, 0) is 0 Å². The van der Waals surface area contributed by atoms with Gasteiger partial charge in [-0.15, -0.1) is 0 Å². The van der Waals surface area contributed by atoms with E-state index in [-0.39, 0.29) is 0 Å². The highest BCUT2D eigenvalue weighted by molar-refractivity contribution is 5.59. The van der Waals surface area contributed by atoms with Crippen LogP contribution < -0.4 is 0 Å². The summed E-state index contributed by atoms with van der Waals surface area (Å²) in [6.45, 7) is 2.42. The molecule has 1 N–H and O–H groups in total. The number of pyridine rings is 1. The Balaban J connectivity index is 1.78. The monoisotopic (exact) mass is 241 g/mol. The number of H-pyrrole nitrogens is 1. The number of hydrogen-bond acceptors (Lipinski definition) is 2. The zero-order valence-electron chi connectivity index (χ0n) is 10.8. The van der Waals surface area contributed by atoms with Gasteiger partial charge in [-0.2, -0.15) is 0 Å². The second-order valence-electron chi connectivity index (χ2n) is 5.16. The molecule has 0 saturated carbocycles. The fourth-order valence-corrected chi connectivity index (χ4v) is 2.69. The Hall–Kier alpha value is -1.61. The van der Waals surface area contributed by atoms with Gasteiger partial charge in [0.15, 0.2) is 0 Å². The number of nitrogens with zero attached hydrogens (tertiary/aromatic N) is 2. The molecule has 3 heterocycles. The minimum absolute atomic E-state index is 0.716. The Bertz CT molecular complexity index is 495. The van der Waals surface area contributed by atoms with Crippen LogP contribution in [0, 0.1) is 0 Å². The summed E-state index contributed by atoms with van der Waals surface area (Å²) < 4.78 is 0. The highest BCUT2D eigenvalue weighted by Gasteiger charge is 2.19. The minimum Gasteiger partial charge on any atom is -0.361 e. The molecule has 0 atom stereocenters. The molecule has 94 valence electrons. The van der Waals surface area contributed by atoms with Crippen LogP contribution in [0.5, 0.6) is 0 Å². The molecular weight excluding hydrogens is 222 g/mol. The predicted octanol–water partition coefficient (Wildman–Crippen LogP) is 2.89. The molecule has 1 aliphatic heterocycles. The average Bonchev–Trinajstić information content (AvgIpc) is 2.90. The summed E-state index contributed by atoms with van der Waals surface area (Å²) in [6, 6.07) is 6.39. The standard InChI is InChI=1S/C15H19N3/c1-18-8-4-12(5-9-18)14-10-15(17-11-14)13-2-6-16-7-3-13/h2-3,6-7,10-12,17H,4-5,8-9H2,1H3. The zero-order chi connectivity index (χ0) is 12.4. The Morgan fingerprint density at radius 2 is 1.94 bits per heavy atom. The SMILES string of the molecule is CN1CCC(c2c[nH]c(-c3ccncc3)c2)CC1. The highest BCUT2D eigenvalue weighted by atomic mass is 15.1. The molecule has 0 bridgehead atoms. The van der Waals surface area contributed by atoms with Gasteiger partial charge < -0.3 is 9.88 Å². The van der Waals surface area contributed by atoms with E-state index in [1.54, 1.807) is 0 Å². The molecule has 2 aromatic rings. The molecule has 0 spiro atoms. The van der Waals surface area contributed by atoms with Gasteiger partial charge >= 0.3 is 0 Å². The van der Waals surface area contributed by atoms with Gasteiger partial charge in [0.25, 0.3) is 0 Å². The number of nitrogens with one attached hydrogen (secondary N) is 1. The van der Waals surface area contributed by atoms with E-state index in [4.69, 9.17) is 0 Å². The number of piperidine rings is 1. The Morgan fingerprint density at radius 1 is 1.22 bits per heavy atom. The van der Waals surface area contributed by atoms with Gasteiger partial charge in [0.2, 0.25) is 0 Å². The van der Waals surface area contributed by atoms with E-state index < -0.39 is 0 Å². The second-order valence-corrected chi connectivity index (χ2v) is 5.16. The third-order valence-electron chi connectivity index (χ3n) is 3.89. The van der Waals surface area contributed by atoms with E-state index >= 15 is 0 Å². The molecule has 1 fully saturated rings. The van der Waals surface area contributed by atoms with Gasteiger partial charge in [-0.1, -0.05) is 0 Å². The Kier molecular flexibility index (Phi) is 3.15. The van der Waals surface area contributed by atoms with Crippen LogP contribution in [0.3, 0.4) is 0 Å². The van der Waals surface area contributed by atoms with Crippen molar-refractivity contribution in [3.05, 3.63) is 42.4 Å². The lowest BCUT2D eigenvalue weighted by molar-refractivity contribution is 0.255. The van der Waals surface area contributed by atoms with Crippen LogP contribution in [-0.4, -0.2) is 35.0 Å². The van der Waals surface area contributed by atoms with Crippen LogP contribution in [0.25, 0.3) is 11.3 Å². The zero-order valence-corrected chi connectivity index (χ0v) is 10.8. The second kappa shape index (κ2) is 4.94. The Labute approximate surface area is 108 Å². The molecule has 1 aliphatic rings. The molecule has 0 radical (unpaired) electrons. The van der Waals surface area contributed by atoms with Crippen molar-refractivity contribution in [2.24, 2.45) is 0 Å². The van der Waals surface area contributed by atoms with Gasteiger partial charge in [-0.25, -0.2) is 0 Å². The third kappa shape index (κ3) is 2.31. The van der Waals surface area contributed by atoms with Gasteiger partial charge in [-0.05, 0) is 62.7 Å². The molecule has 3 nitrogen and oxygen atoms in total. The van der Waals surface area contributed by atoms with Gasteiger partial charge in [0.05, 0.1) is 0 Å². The van der Waals surface area contributed by atoms with E-state index in [0.29, 0.717) is 5.92 Å². The van der Waals surface area contributed by atoms with Gasteiger partial charge in [-0.3, -0.25) is 4.98 Å². The molecule has 3 heteroatoms. The van der Waals surface area contributed by atoms with Gasteiger partial charge in [0.1, 0.15) is 0 Å². The molecule has 2 aromatic heterocycles. The number of hydrogen-bond donors (Lipinski definition) is 1. The van der Waals surface area contributed by atoms with E-state index in [1.165, 1.54) is 42.8 Å². The maximum Gasteiger partial charge on any atom is 0.0457 e. The van der Waals surface area contributed by atoms with E-state index in [9.17, 15) is 0 Å². The molecule has 0 amide bonds. The summed E-state index contributed by atoms with van der Waals surface area (Å²) >= 11 is 0. The molecule has 3 rings (SSSR count). The van der Waals surface area contributed by atoms with Crippen LogP contribution in [0.2, 0.25) is 0 Å². The lowest BCUT2D eigenvalue weighted by Crippen LogP contribution is -2.29. The number of rotatable bonds is 2. The van der Waals surface area contributed by atoms with Crippen molar-refractivity contribution in [2.45, 2.75) is 18.8 Å². The molecule has 0 aromatic carbocycles. The fraction of sp³-hybridized carbons (Fsp3) is 0.400. The van der Waals surface area contributed by atoms with Crippen LogP contribution in [0.1, 0.15) is 24.3 Å². The summed E-state index contributed by atoms with van der Waals surface area (Å²) in [4.78, 5) is 9.86. The van der Waals surface area contributed by atoms with Crippen LogP contribution in [0.15, 0.2) is 36.8 Å². The lowest BCUT2D eigenvalue weighted by Gasteiger charge is -2.28. The Morgan fingerprint density at radius 3 is 2.67 bits per heavy atom. The quantitative estimate of drug-likeness (QED) is 0.876. The fourth-order valence-electron chi connectivity index (χ4n) is 2.69. The van der Waals surface area contributed by atoms with Crippen molar-refractivity contribution in [3.8, 4) is 11.3 Å². The largest absolute Gasteiger partial charge is 0.361 e. The first-order valence-electron chi connectivity index (χ1n) is 6.60. The summed E-state index contributed by atoms with van der Waals surface area (Å²) in [5.41, 5.74) is 3.87. The molecular formula is C15H19N3. The van der Waals surface area contributed by atoms with Crippen molar-refractivity contribution in [1.29, 1.82) is 0 Å². The predicted molar refractivity (Wildman–Crippen MR) is 73.5 cm³/mol. The van der Waals surface area contributed by atoms with Crippen molar-refractivity contribution in [1.82, 2.24) is 14.9 Å². The van der Waals surface area contributed by atoms with Crippen molar-refractivity contribution < 1.29 is 0 Å². The number of aromatic amines is 1. The number of likely N-dealkylation sites (tertiary alicyclic amines) is 1. The first-order valence-corrected chi connectivity index (χ1v) is 6.60. The maximum atomic E-state index is 4.06. The molecule has 0 unspecified atom stereocenters. The maximum absolute atomic E-state index is 4.06. The van der Waals surface area contributed by atoms with E-state index in [2.05, 4.69) is 34.2 Å². The summed E-state index contributed by atoms with van der Waals surface area (Å²) in [5, 5.41) is 0. The van der Waals surface area contributed by atoms with Crippen molar-refractivity contribution in [3.63, 3.8) is 0 Å². The minimum atomic E-state index is 0.716. The molecule has 0 aliphatic carbocycles. The van der Waals surface area contributed by atoms with Gasteiger partial charge in [0, 0.05) is 29.8 Å². The molecule has 18 heavy (non-hydrogen) atoms. The summed E-state index contributed by atoms with van der Waals surface area (Å²) in [7, 11) is 2.20.